The van der Waals surface area contributed by atoms with E-state index < -0.39 is 6.43 Å². The SMILES string of the molecule is O=C(Nc1ccccc1)NC1CCC(CCCc2nc(N3CCOCC3)cc(-n3c(C(F)F)nc4ccccc43)n2)CC1. The van der Waals surface area contributed by atoms with E-state index in [4.69, 9.17) is 14.7 Å². The molecule has 2 aromatic carbocycles. The molecule has 1 aliphatic carbocycles. The van der Waals surface area contributed by atoms with Gasteiger partial charge in [0.2, 0.25) is 0 Å². The standard InChI is InChI=1S/C32H37F2N7O2/c33-30(34)31-37-25-10-4-5-11-26(25)41(31)29-21-28(40-17-19-43-20-18-40)38-27(39-29)12-6-7-22-13-15-24(16-14-22)36-32(42)35-23-8-2-1-3-9-23/h1-5,8-11,21-22,24,30H,6-7,12-20H2,(H2,35,36,42). The van der Waals surface area contributed by atoms with Crippen LogP contribution < -0.4 is 15.5 Å². The first-order chi connectivity index (χ1) is 21.0. The van der Waals surface area contributed by atoms with Crippen LogP contribution in [0.15, 0.2) is 60.7 Å². The third-order valence-corrected chi connectivity index (χ3v) is 8.32. The number of benzene rings is 2. The van der Waals surface area contributed by atoms with Crippen LogP contribution in [0, 0.1) is 5.92 Å². The van der Waals surface area contributed by atoms with E-state index in [1.54, 1.807) is 24.3 Å². The van der Waals surface area contributed by atoms with Crippen LogP contribution in [0.4, 0.5) is 25.1 Å². The van der Waals surface area contributed by atoms with Crippen LogP contribution in [0.2, 0.25) is 0 Å². The summed E-state index contributed by atoms with van der Waals surface area (Å²) >= 11 is 0. The van der Waals surface area contributed by atoms with Crippen molar-refractivity contribution >= 4 is 28.6 Å². The highest BCUT2D eigenvalue weighted by Crippen LogP contribution is 2.30. The Morgan fingerprint density at radius 2 is 1.65 bits per heavy atom. The van der Waals surface area contributed by atoms with Crippen LogP contribution in [-0.4, -0.2) is 57.9 Å². The highest BCUT2D eigenvalue weighted by atomic mass is 19.3. The molecule has 6 rings (SSSR count). The van der Waals surface area contributed by atoms with Crippen LogP contribution in [0.5, 0.6) is 0 Å². The molecular weight excluding hydrogens is 552 g/mol. The van der Waals surface area contributed by atoms with Gasteiger partial charge in [0.1, 0.15) is 17.5 Å². The molecule has 1 aliphatic heterocycles. The molecule has 4 aromatic rings. The number of para-hydroxylation sites is 3. The summed E-state index contributed by atoms with van der Waals surface area (Å²) in [6.07, 6.45) is 3.83. The molecule has 2 amide bonds. The molecule has 1 saturated heterocycles. The smallest absolute Gasteiger partial charge is 0.319 e. The van der Waals surface area contributed by atoms with Crippen molar-refractivity contribution in [3.8, 4) is 5.82 Å². The molecule has 3 heterocycles. The molecule has 0 bridgehead atoms. The van der Waals surface area contributed by atoms with E-state index in [0.717, 1.165) is 50.0 Å². The zero-order chi connectivity index (χ0) is 29.6. The number of rotatable bonds is 9. The summed E-state index contributed by atoms with van der Waals surface area (Å²) in [5, 5.41) is 6.00. The zero-order valence-corrected chi connectivity index (χ0v) is 24.1. The maximum Gasteiger partial charge on any atom is 0.319 e. The summed E-state index contributed by atoms with van der Waals surface area (Å²) in [6.45, 7) is 2.55. The molecule has 2 aliphatic rings. The lowest BCUT2D eigenvalue weighted by atomic mass is 9.83. The van der Waals surface area contributed by atoms with E-state index in [1.807, 2.05) is 36.4 Å². The van der Waals surface area contributed by atoms with E-state index in [2.05, 4.69) is 20.5 Å². The number of imidazole rings is 1. The van der Waals surface area contributed by atoms with Crippen LogP contribution in [0.25, 0.3) is 16.9 Å². The maximum absolute atomic E-state index is 14.1. The second-order valence-electron chi connectivity index (χ2n) is 11.3. The van der Waals surface area contributed by atoms with Crippen LogP contribution in [-0.2, 0) is 11.2 Å². The number of aromatic nitrogens is 4. The molecule has 1 saturated carbocycles. The summed E-state index contributed by atoms with van der Waals surface area (Å²) < 4.78 is 35.3. The number of carbonyl (C=O) groups is 1. The summed E-state index contributed by atoms with van der Waals surface area (Å²) in [5.41, 5.74) is 1.88. The van der Waals surface area contributed by atoms with Crippen LogP contribution >= 0.6 is 0 Å². The molecule has 0 unspecified atom stereocenters. The number of anilines is 2. The molecule has 11 heteroatoms. The van der Waals surface area contributed by atoms with Gasteiger partial charge in [-0.3, -0.25) is 4.57 Å². The molecule has 2 fully saturated rings. The summed E-state index contributed by atoms with van der Waals surface area (Å²) in [7, 11) is 0. The molecule has 43 heavy (non-hydrogen) atoms. The first kappa shape index (κ1) is 29.0. The van der Waals surface area contributed by atoms with Crippen molar-refractivity contribution in [1.82, 2.24) is 24.8 Å². The quantitative estimate of drug-likeness (QED) is 0.238. The third kappa shape index (κ3) is 7.10. The van der Waals surface area contributed by atoms with Gasteiger partial charge in [-0.1, -0.05) is 36.8 Å². The normalized spacial score (nSPS) is 19.1. The molecule has 2 N–H and O–H groups in total. The second-order valence-corrected chi connectivity index (χ2v) is 11.3. The number of morpholine rings is 1. The predicted octanol–water partition coefficient (Wildman–Crippen LogP) is 6.29. The van der Waals surface area contributed by atoms with Gasteiger partial charge < -0.3 is 20.3 Å². The highest BCUT2D eigenvalue weighted by Gasteiger charge is 2.25. The van der Waals surface area contributed by atoms with Gasteiger partial charge in [0.25, 0.3) is 6.43 Å². The van der Waals surface area contributed by atoms with Crippen molar-refractivity contribution in [2.45, 2.75) is 57.4 Å². The Morgan fingerprint density at radius 3 is 2.42 bits per heavy atom. The number of nitrogens with one attached hydrogen (secondary N) is 2. The molecule has 0 spiro atoms. The largest absolute Gasteiger partial charge is 0.378 e. The number of nitrogens with zero attached hydrogens (tertiary/aromatic N) is 5. The van der Waals surface area contributed by atoms with Gasteiger partial charge in [0.05, 0.1) is 24.2 Å². The first-order valence-corrected chi connectivity index (χ1v) is 15.1. The van der Waals surface area contributed by atoms with Crippen LogP contribution in [0.3, 0.4) is 0 Å². The molecule has 0 radical (unpaired) electrons. The molecule has 226 valence electrons. The number of amides is 2. The van der Waals surface area contributed by atoms with Crippen molar-refractivity contribution in [3.63, 3.8) is 0 Å². The lowest BCUT2D eigenvalue weighted by molar-refractivity contribution is 0.122. The minimum atomic E-state index is -2.74. The molecule has 2 aromatic heterocycles. The van der Waals surface area contributed by atoms with E-state index in [0.29, 0.717) is 61.3 Å². The number of alkyl halides is 2. The topological polar surface area (TPSA) is 97.2 Å². The number of hydrogen-bond acceptors (Lipinski definition) is 6. The summed E-state index contributed by atoms with van der Waals surface area (Å²) in [5.74, 6) is 2.03. The van der Waals surface area contributed by atoms with E-state index in [9.17, 15) is 13.6 Å². The van der Waals surface area contributed by atoms with Crippen molar-refractivity contribution in [3.05, 3.63) is 72.3 Å². The maximum atomic E-state index is 14.1. The van der Waals surface area contributed by atoms with Gasteiger partial charge in [0, 0.05) is 37.3 Å². The van der Waals surface area contributed by atoms with Crippen molar-refractivity contribution in [2.75, 3.05) is 36.5 Å². The number of carbonyl (C=O) groups excluding carboxylic acids is 1. The van der Waals surface area contributed by atoms with Crippen LogP contribution in [0.1, 0.15) is 56.6 Å². The second kappa shape index (κ2) is 13.5. The Bertz CT molecular complexity index is 1520. The number of fused-ring (bicyclic) bond motifs is 1. The fourth-order valence-electron chi connectivity index (χ4n) is 6.10. The number of ether oxygens (including phenoxy) is 1. The Hall–Kier alpha value is -4.12. The first-order valence-electron chi connectivity index (χ1n) is 15.1. The Kier molecular flexibility index (Phi) is 9.07. The van der Waals surface area contributed by atoms with Crippen molar-refractivity contribution < 1.29 is 18.3 Å². The van der Waals surface area contributed by atoms with Gasteiger partial charge in [-0.15, -0.1) is 0 Å². The molecule has 0 atom stereocenters. The van der Waals surface area contributed by atoms with E-state index in [1.165, 1.54) is 4.57 Å². The number of halogens is 2. The highest BCUT2D eigenvalue weighted by molar-refractivity contribution is 5.89. The third-order valence-electron chi connectivity index (χ3n) is 8.32. The summed E-state index contributed by atoms with van der Waals surface area (Å²) in [6, 6.07) is 18.4. The monoisotopic (exact) mass is 589 g/mol. The van der Waals surface area contributed by atoms with E-state index in [-0.39, 0.29) is 17.9 Å². The van der Waals surface area contributed by atoms with Crippen molar-refractivity contribution in [2.24, 2.45) is 5.92 Å². The van der Waals surface area contributed by atoms with E-state index >= 15 is 0 Å². The number of urea groups is 1. The fourth-order valence-corrected chi connectivity index (χ4v) is 6.10. The average Bonchev–Trinajstić information content (AvgIpc) is 3.43. The summed E-state index contributed by atoms with van der Waals surface area (Å²) in [4.78, 5) is 28.4. The predicted molar refractivity (Wildman–Crippen MR) is 162 cm³/mol. The van der Waals surface area contributed by atoms with Gasteiger partial charge in [-0.2, -0.15) is 0 Å². The lowest BCUT2D eigenvalue weighted by Crippen LogP contribution is -2.40. The number of aryl methyl sites for hydroxylation is 1. The van der Waals surface area contributed by atoms with Crippen molar-refractivity contribution in [1.29, 1.82) is 0 Å². The minimum absolute atomic E-state index is 0.163. The van der Waals surface area contributed by atoms with Gasteiger partial charge in [0.15, 0.2) is 5.82 Å². The molecular formula is C32H37F2N7O2. The Balaban J connectivity index is 1.11. The fraction of sp³-hybridized carbons (Fsp3) is 0.438. The van der Waals surface area contributed by atoms with Gasteiger partial charge >= 0.3 is 6.03 Å². The lowest BCUT2D eigenvalue weighted by Gasteiger charge is -2.29. The average molecular weight is 590 g/mol. The Labute approximate surface area is 249 Å². The zero-order valence-electron chi connectivity index (χ0n) is 24.1. The Morgan fingerprint density at radius 1 is 0.930 bits per heavy atom. The van der Waals surface area contributed by atoms with Gasteiger partial charge in [-0.05, 0) is 62.3 Å². The minimum Gasteiger partial charge on any atom is -0.378 e. The number of hydrogen-bond donors (Lipinski definition) is 2. The molecule has 9 nitrogen and oxygen atoms in total. The van der Waals surface area contributed by atoms with Gasteiger partial charge in [-0.25, -0.2) is 28.5 Å².